The zero-order chi connectivity index (χ0) is 14.4. The van der Waals surface area contributed by atoms with Crippen molar-refractivity contribution in [1.29, 1.82) is 0 Å². The summed E-state index contributed by atoms with van der Waals surface area (Å²) in [6, 6.07) is 3.52. The maximum atomic E-state index is 11.9. The van der Waals surface area contributed by atoms with E-state index in [2.05, 4.69) is 5.32 Å². The molecule has 1 rings (SSSR count). The van der Waals surface area contributed by atoms with Crippen LogP contribution in [0.15, 0.2) is 22.8 Å². The van der Waals surface area contributed by atoms with Gasteiger partial charge in [-0.3, -0.25) is 9.59 Å². The van der Waals surface area contributed by atoms with Crippen molar-refractivity contribution in [3.05, 3.63) is 24.2 Å². The average Bonchev–Trinajstić information content (AvgIpc) is 2.84. The quantitative estimate of drug-likeness (QED) is 0.802. The lowest BCUT2D eigenvalue weighted by atomic mass is 10.1. The second kappa shape index (κ2) is 7.23. The first-order valence-electron chi connectivity index (χ1n) is 6.10. The number of rotatable bonds is 7. The molecule has 2 atom stereocenters. The lowest BCUT2D eigenvalue weighted by Gasteiger charge is -2.19. The molecule has 0 aliphatic carbocycles. The van der Waals surface area contributed by atoms with E-state index in [9.17, 15) is 9.59 Å². The molecule has 0 saturated carbocycles. The summed E-state index contributed by atoms with van der Waals surface area (Å²) in [7, 11) is 0. The molecule has 5 nitrogen and oxygen atoms in total. The van der Waals surface area contributed by atoms with Crippen molar-refractivity contribution in [3.63, 3.8) is 0 Å². The van der Waals surface area contributed by atoms with Crippen LogP contribution in [0.2, 0.25) is 0 Å². The molecule has 1 heterocycles. The van der Waals surface area contributed by atoms with Gasteiger partial charge in [0.15, 0.2) is 0 Å². The van der Waals surface area contributed by atoms with Gasteiger partial charge in [-0.15, -0.1) is 11.8 Å². The minimum Gasteiger partial charge on any atom is -0.480 e. The third-order valence-corrected chi connectivity index (χ3v) is 4.25. The summed E-state index contributed by atoms with van der Waals surface area (Å²) >= 11 is 1.16. The van der Waals surface area contributed by atoms with Crippen LogP contribution >= 0.6 is 11.8 Å². The number of hydrogen-bond donors (Lipinski definition) is 2. The van der Waals surface area contributed by atoms with Crippen LogP contribution in [0.1, 0.15) is 26.5 Å². The summed E-state index contributed by atoms with van der Waals surface area (Å²) in [5, 5.41) is 10.8. The van der Waals surface area contributed by atoms with E-state index in [-0.39, 0.29) is 11.8 Å². The van der Waals surface area contributed by atoms with Crippen molar-refractivity contribution in [2.24, 2.45) is 5.92 Å². The minimum absolute atomic E-state index is 0.0252. The van der Waals surface area contributed by atoms with Gasteiger partial charge in [0.2, 0.25) is 5.91 Å². The smallest absolute Gasteiger partial charge is 0.316 e. The van der Waals surface area contributed by atoms with Crippen LogP contribution < -0.4 is 5.32 Å². The van der Waals surface area contributed by atoms with Crippen LogP contribution in [0.25, 0.3) is 0 Å². The molecular weight excluding hydrogens is 266 g/mol. The van der Waals surface area contributed by atoms with Crippen LogP contribution in [0.4, 0.5) is 0 Å². The van der Waals surface area contributed by atoms with Crippen LogP contribution in [-0.2, 0) is 16.1 Å². The Morgan fingerprint density at radius 2 is 2.11 bits per heavy atom. The SMILES string of the molecule is CC(SC(C(=O)O)C(C)C)C(=O)NCc1ccco1. The van der Waals surface area contributed by atoms with Gasteiger partial charge < -0.3 is 14.8 Å². The summed E-state index contributed by atoms with van der Waals surface area (Å²) in [6.45, 7) is 5.69. The monoisotopic (exact) mass is 285 g/mol. The highest BCUT2D eigenvalue weighted by molar-refractivity contribution is 8.01. The normalized spacial score (nSPS) is 14.1. The maximum absolute atomic E-state index is 11.9. The number of thioether (sulfide) groups is 1. The Balaban J connectivity index is 2.45. The number of carboxylic acid groups (broad SMARTS) is 1. The number of carbonyl (C=O) groups excluding carboxylic acids is 1. The molecule has 2 N–H and O–H groups in total. The minimum atomic E-state index is -0.884. The molecule has 0 radical (unpaired) electrons. The Hall–Kier alpha value is -1.43. The molecule has 2 unspecified atom stereocenters. The Kier molecular flexibility index (Phi) is 5.95. The van der Waals surface area contributed by atoms with E-state index < -0.39 is 16.5 Å². The molecule has 106 valence electrons. The van der Waals surface area contributed by atoms with E-state index in [0.29, 0.717) is 12.3 Å². The van der Waals surface area contributed by atoms with Crippen molar-refractivity contribution in [2.75, 3.05) is 0 Å². The van der Waals surface area contributed by atoms with E-state index in [1.807, 2.05) is 13.8 Å². The number of hydrogen-bond acceptors (Lipinski definition) is 4. The highest BCUT2D eigenvalue weighted by Gasteiger charge is 2.27. The lowest BCUT2D eigenvalue weighted by molar-refractivity contribution is -0.137. The molecule has 1 aromatic rings. The fraction of sp³-hybridized carbons (Fsp3) is 0.538. The standard InChI is InChI=1S/C13H19NO4S/c1-8(2)11(13(16)17)19-9(3)12(15)14-7-10-5-4-6-18-10/h4-6,8-9,11H,7H2,1-3H3,(H,14,15)(H,16,17). The maximum Gasteiger partial charge on any atom is 0.316 e. The van der Waals surface area contributed by atoms with E-state index in [0.717, 1.165) is 11.8 Å². The predicted molar refractivity (Wildman–Crippen MR) is 73.9 cm³/mol. The van der Waals surface area contributed by atoms with Gasteiger partial charge in [0.25, 0.3) is 0 Å². The van der Waals surface area contributed by atoms with Gasteiger partial charge >= 0.3 is 5.97 Å². The number of amides is 1. The summed E-state index contributed by atoms with van der Waals surface area (Å²) in [5.74, 6) is -0.425. The average molecular weight is 285 g/mol. The van der Waals surface area contributed by atoms with Crippen molar-refractivity contribution < 1.29 is 19.1 Å². The summed E-state index contributed by atoms with van der Waals surface area (Å²) in [5.41, 5.74) is 0. The predicted octanol–water partition coefficient (Wildman–Crippen LogP) is 2.13. The lowest BCUT2D eigenvalue weighted by Crippen LogP contribution is -2.34. The molecule has 1 aromatic heterocycles. The fourth-order valence-corrected chi connectivity index (χ4v) is 2.59. The zero-order valence-electron chi connectivity index (χ0n) is 11.3. The van der Waals surface area contributed by atoms with Crippen molar-refractivity contribution in [1.82, 2.24) is 5.32 Å². The second-order valence-corrected chi connectivity index (χ2v) is 6.07. The third-order valence-electron chi connectivity index (χ3n) is 2.59. The Morgan fingerprint density at radius 1 is 1.42 bits per heavy atom. The van der Waals surface area contributed by atoms with Crippen LogP contribution in [-0.4, -0.2) is 27.5 Å². The van der Waals surface area contributed by atoms with E-state index in [1.165, 1.54) is 0 Å². The van der Waals surface area contributed by atoms with Crippen LogP contribution in [0.5, 0.6) is 0 Å². The molecule has 19 heavy (non-hydrogen) atoms. The van der Waals surface area contributed by atoms with Gasteiger partial charge in [-0.05, 0) is 25.0 Å². The number of carboxylic acids is 1. The zero-order valence-corrected chi connectivity index (χ0v) is 12.1. The number of furan rings is 1. The number of aliphatic carboxylic acids is 1. The van der Waals surface area contributed by atoms with Gasteiger partial charge in [-0.25, -0.2) is 0 Å². The summed E-state index contributed by atoms with van der Waals surface area (Å²) in [6.07, 6.45) is 1.54. The highest BCUT2D eigenvalue weighted by Crippen LogP contribution is 2.24. The topological polar surface area (TPSA) is 79.5 Å². The molecule has 0 aliphatic heterocycles. The van der Waals surface area contributed by atoms with Crippen molar-refractivity contribution in [3.8, 4) is 0 Å². The molecule has 1 amide bonds. The van der Waals surface area contributed by atoms with E-state index >= 15 is 0 Å². The van der Waals surface area contributed by atoms with Crippen molar-refractivity contribution >= 4 is 23.6 Å². The first-order valence-corrected chi connectivity index (χ1v) is 7.04. The fourth-order valence-electron chi connectivity index (χ4n) is 1.51. The number of nitrogens with one attached hydrogen (secondary N) is 1. The second-order valence-electron chi connectivity index (χ2n) is 4.58. The Bertz CT molecular complexity index is 416. The highest BCUT2D eigenvalue weighted by atomic mass is 32.2. The molecule has 6 heteroatoms. The summed E-state index contributed by atoms with van der Waals surface area (Å²) < 4.78 is 5.11. The van der Waals surface area contributed by atoms with E-state index in [4.69, 9.17) is 9.52 Å². The summed E-state index contributed by atoms with van der Waals surface area (Å²) in [4.78, 5) is 22.9. The molecule has 0 spiro atoms. The number of carbonyl (C=O) groups is 2. The molecule has 0 bridgehead atoms. The van der Waals surface area contributed by atoms with Gasteiger partial charge in [0.05, 0.1) is 18.1 Å². The molecule has 0 saturated heterocycles. The Morgan fingerprint density at radius 3 is 2.58 bits per heavy atom. The molecule has 0 aliphatic rings. The Labute approximate surface area is 116 Å². The van der Waals surface area contributed by atoms with E-state index in [1.54, 1.807) is 25.3 Å². The first kappa shape index (κ1) is 15.6. The molecule has 0 fully saturated rings. The van der Waals surface area contributed by atoms with Crippen LogP contribution in [0.3, 0.4) is 0 Å². The van der Waals surface area contributed by atoms with Gasteiger partial charge in [0, 0.05) is 0 Å². The van der Waals surface area contributed by atoms with Crippen molar-refractivity contribution in [2.45, 2.75) is 37.8 Å². The first-order chi connectivity index (χ1) is 8.91. The largest absolute Gasteiger partial charge is 0.480 e. The molecular formula is C13H19NO4S. The van der Waals surface area contributed by atoms with Gasteiger partial charge in [-0.2, -0.15) is 0 Å². The van der Waals surface area contributed by atoms with Gasteiger partial charge in [-0.1, -0.05) is 13.8 Å². The third kappa shape index (κ3) is 4.98. The molecule has 0 aromatic carbocycles. The van der Waals surface area contributed by atoms with Gasteiger partial charge in [0.1, 0.15) is 11.0 Å². The van der Waals surface area contributed by atoms with Crippen LogP contribution in [0, 0.1) is 5.92 Å².